The summed E-state index contributed by atoms with van der Waals surface area (Å²) in [5.41, 5.74) is 2.10. The van der Waals surface area contributed by atoms with Crippen molar-refractivity contribution in [2.24, 2.45) is 0 Å². The predicted octanol–water partition coefficient (Wildman–Crippen LogP) is 1.38. The van der Waals surface area contributed by atoms with Gasteiger partial charge in [0.1, 0.15) is 0 Å². The highest BCUT2D eigenvalue weighted by Crippen LogP contribution is 2.21. The third kappa shape index (κ3) is 5.36. The normalized spacial score (nSPS) is 14.7. The number of nitrogens with one attached hydrogen (secondary N) is 2. The van der Waals surface area contributed by atoms with E-state index in [2.05, 4.69) is 32.6 Å². The number of nitrogens with zero attached hydrogens (tertiary/aromatic N) is 2. The Balaban J connectivity index is 1.73. The Kier molecular flexibility index (Phi) is 6.02. The molecule has 0 saturated carbocycles. The molecule has 1 heterocycles. The van der Waals surface area contributed by atoms with Crippen LogP contribution in [0.15, 0.2) is 24.3 Å². The number of hydrogen-bond acceptors (Lipinski definition) is 4. The summed E-state index contributed by atoms with van der Waals surface area (Å²) in [4.78, 5) is 16.3. The van der Waals surface area contributed by atoms with E-state index >= 15 is 0 Å². The van der Waals surface area contributed by atoms with E-state index in [0.29, 0.717) is 6.54 Å². The number of benzene rings is 1. The van der Waals surface area contributed by atoms with Gasteiger partial charge in [0.15, 0.2) is 0 Å². The van der Waals surface area contributed by atoms with Crippen LogP contribution in [0.3, 0.4) is 0 Å². The first-order valence-corrected chi connectivity index (χ1v) is 7.65. The molecule has 1 aromatic rings. The van der Waals surface area contributed by atoms with Crippen molar-refractivity contribution in [3.8, 4) is 0 Å². The van der Waals surface area contributed by atoms with Crippen molar-refractivity contribution in [1.29, 1.82) is 0 Å². The van der Waals surface area contributed by atoms with Crippen molar-refractivity contribution in [1.82, 2.24) is 10.2 Å². The summed E-state index contributed by atoms with van der Waals surface area (Å²) in [6.07, 6.45) is 2.55. The molecule has 2 rings (SSSR count). The van der Waals surface area contributed by atoms with Gasteiger partial charge in [0.2, 0.25) is 5.91 Å². The van der Waals surface area contributed by atoms with Gasteiger partial charge in [-0.25, -0.2) is 0 Å². The number of carbonyl (C=O) groups is 1. The Hall–Kier alpha value is -1.59. The average Bonchev–Trinajstić information content (AvgIpc) is 2.98. The molecule has 5 heteroatoms. The lowest BCUT2D eigenvalue weighted by Gasteiger charge is -2.17. The quantitative estimate of drug-likeness (QED) is 0.745. The van der Waals surface area contributed by atoms with Crippen LogP contribution in [0.25, 0.3) is 0 Å². The fourth-order valence-electron chi connectivity index (χ4n) is 2.44. The van der Waals surface area contributed by atoms with Gasteiger partial charge in [-0.2, -0.15) is 0 Å². The number of rotatable bonds is 7. The standard InChI is InChI=1S/C16H26N4O/c1-19(2)12-9-17-13-16(21)18-14-5-7-15(8-6-14)20-10-3-4-11-20/h5-8,17H,3-4,9-13H2,1-2H3,(H,18,21). The van der Waals surface area contributed by atoms with Crippen molar-refractivity contribution in [2.75, 3.05) is 57.0 Å². The molecule has 0 unspecified atom stereocenters. The molecule has 1 aromatic carbocycles. The maximum atomic E-state index is 11.8. The lowest BCUT2D eigenvalue weighted by molar-refractivity contribution is -0.115. The van der Waals surface area contributed by atoms with Gasteiger partial charge in [-0.15, -0.1) is 0 Å². The van der Waals surface area contributed by atoms with Gasteiger partial charge in [-0.1, -0.05) is 0 Å². The summed E-state index contributed by atoms with van der Waals surface area (Å²) in [5.74, 6) is 0.00248. The van der Waals surface area contributed by atoms with Crippen molar-refractivity contribution in [3.05, 3.63) is 24.3 Å². The number of carbonyl (C=O) groups excluding carboxylic acids is 1. The molecule has 0 radical (unpaired) electrons. The summed E-state index contributed by atoms with van der Waals surface area (Å²) < 4.78 is 0. The highest BCUT2D eigenvalue weighted by molar-refractivity contribution is 5.92. The molecule has 0 aliphatic carbocycles. The van der Waals surface area contributed by atoms with E-state index in [1.165, 1.54) is 18.5 Å². The summed E-state index contributed by atoms with van der Waals surface area (Å²) in [6, 6.07) is 8.12. The lowest BCUT2D eigenvalue weighted by Crippen LogP contribution is -2.33. The van der Waals surface area contributed by atoms with Crippen molar-refractivity contribution in [2.45, 2.75) is 12.8 Å². The van der Waals surface area contributed by atoms with Gasteiger partial charge in [0.25, 0.3) is 0 Å². The van der Waals surface area contributed by atoms with Gasteiger partial charge in [0, 0.05) is 37.6 Å². The highest BCUT2D eigenvalue weighted by atomic mass is 16.1. The number of anilines is 2. The minimum Gasteiger partial charge on any atom is -0.372 e. The van der Waals surface area contributed by atoms with Crippen molar-refractivity contribution in [3.63, 3.8) is 0 Å². The van der Waals surface area contributed by atoms with E-state index in [0.717, 1.165) is 31.9 Å². The zero-order chi connectivity index (χ0) is 15.1. The molecule has 1 aliphatic rings. The van der Waals surface area contributed by atoms with E-state index in [1.807, 2.05) is 26.2 Å². The van der Waals surface area contributed by atoms with Gasteiger partial charge in [0.05, 0.1) is 6.54 Å². The highest BCUT2D eigenvalue weighted by Gasteiger charge is 2.12. The first-order valence-electron chi connectivity index (χ1n) is 7.65. The molecule has 1 amide bonds. The fraction of sp³-hybridized carbons (Fsp3) is 0.562. The van der Waals surface area contributed by atoms with E-state index < -0.39 is 0 Å². The maximum absolute atomic E-state index is 11.8. The second-order valence-electron chi connectivity index (χ2n) is 5.77. The van der Waals surface area contributed by atoms with Crippen molar-refractivity contribution >= 4 is 17.3 Å². The molecule has 21 heavy (non-hydrogen) atoms. The van der Waals surface area contributed by atoms with Gasteiger partial charge in [-0.3, -0.25) is 4.79 Å². The Morgan fingerprint density at radius 2 is 1.86 bits per heavy atom. The molecule has 2 N–H and O–H groups in total. The van der Waals surface area contributed by atoms with E-state index in [4.69, 9.17) is 0 Å². The summed E-state index contributed by atoms with van der Waals surface area (Å²) in [5, 5.41) is 6.05. The Morgan fingerprint density at radius 1 is 1.19 bits per heavy atom. The van der Waals surface area contributed by atoms with Crippen LogP contribution in [-0.4, -0.2) is 57.6 Å². The zero-order valence-electron chi connectivity index (χ0n) is 13.1. The molecule has 1 fully saturated rings. The Bertz CT molecular complexity index is 438. The predicted molar refractivity (Wildman–Crippen MR) is 87.9 cm³/mol. The van der Waals surface area contributed by atoms with Crippen LogP contribution in [0.5, 0.6) is 0 Å². The van der Waals surface area contributed by atoms with Crippen LogP contribution in [0.2, 0.25) is 0 Å². The van der Waals surface area contributed by atoms with E-state index in [-0.39, 0.29) is 5.91 Å². The molecule has 1 aliphatic heterocycles. The van der Waals surface area contributed by atoms with Crippen LogP contribution < -0.4 is 15.5 Å². The molecule has 116 valence electrons. The minimum atomic E-state index is 0.00248. The second kappa shape index (κ2) is 8.00. The van der Waals surface area contributed by atoms with Crippen LogP contribution >= 0.6 is 0 Å². The third-order valence-electron chi connectivity index (χ3n) is 3.64. The largest absolute Gasteiger partial charge is 0.372 e. The molecule has 0 spiro atoms. The fourth-order valence-corrected chi connectivity index (χ4v) is 2.44. The number of hydrogen-bond donors (Lipinski definition) is 2. The van der Waals surface area contributed by atoms with Gasteiger partial charge >= 0.3 is 0 Å². The number of amides is 1. The first kappa shape index (κ1) is 15.8. The monoisotopic (exact) mass is 290 g/mol. The number of likely N-dealkylation sites (N-methyl/N-ethyl adjacent to an activating group) is 1. The minimum absolute atomic E-state index is 0.00248. The van der Waals surface area contributed by atoms with Crippen LogP contribution in [0.4, 0.5) is 11.4 Å². The van der Waals surface area contributed by atoms with Gasteiger partial charge < -0.3 is 20.4 Å². The van der Waals surface area contributed by atoms with Crippen LogP contribution in [-0.2, 0) is 4.79 Å². The summed E-state index contributed by atoms with van der Waals surface area (Å²) in [6.45, 7) is 4.37. The molecule has 0 bridgehead atoms. The topological polar surface area (TPSA) is 47.6 Å². The van der Waals surface area contributed by atoms with Crippen molar-refractivity contribution < 1.29 is 4.79 Å². The van der Waals surface area contributed by atoms with Gasteiger partial charge in [-0.05, 0) is 51.2 Å². The SMILES string of the molecule is CN(C)CCNCC(=O)Nc1ccc(N2CCCC2)cc1. The second-order valence-corrected chi connectivity index (χ2v) is 5.77. The summed E-state index contributed by atoms with van der Waals surface area (Å²) >= 11 is 0. The molecule has 5 nitrogen and oxygen atoms in total. The van der Waals surface area contributed by atoms with E-state index in [1.54, 1.807) is 0 Å². The molecule has 0 aromatic heterocycles. The van der Waals surface area contributed by atoms with Crippen LogP contribution in [0, 0.1) is 0 Å². The smallest absolute Gasteiger partial charge is 0.238 e. The summed E-state index contributed by atoms with van der Waals surface area (Å²) in [7, 11) is 4.04. The molecule has 0 atom stereocenters. The average molecular weight is 290 g/mol. The Labute approximate surface area is 127 Å². The molecular formula is C16H26N4O. The lowest BCUT2D eigenvalue weighted by atomic mass is 10.2. The zero-order valence-corrected chi connectivity index (χ0v) is 13.1. The third-order valence-corrected chi connectivity index (χ3v) is 3.64. The molecular weight excluding hydrogens is 264 g/mol. The first-order chi connectivity index (χ1) is 10.1. The Morgan fingerprint density at radius 3 is 2.48 bits per heavy atom. The van der Waals surface area contributed by atoms with E-state index in [9.17, 15) is 4.79 Å². The molecule has 1 saturated heterocycles. The van der Waals surface area contributed by atoms with Crippen LogP contribution in [0.1, 0.15) is 12.8 Å². The maximum Gasteiger partial charge on any atom is 0.238 e.